The Labute approximate surface area is 741 Å². The van der Waals surface area contributed by atoms with Gasteiger partial charge in [-0.3, -0.25) is 0 Å². The molecule has 0 heterocycles. The summed E-state index contributed by atoms with van der Waals surface area (Å²) in [5, 5.41) is 0. The standard InChI is InChI=1S/C24H30O8.C22H26O4.C20H22O5.C18H18O5.C17H16O4/c25-23(21-7-3-1-4-8-21)31-19-17-29-15-13-27-11-12-28-14-16-30-18-20-32-24(26)22-9-5-2-6-10-22;1-16(2)19(26-21(24)18-13-9-6-10-14-18)22(3,4)15-25-20(23)17-11-7-5-8-12-17;1-15(13-24-19(21)17-9-5-3-6-10-17)23-14-16(2)25-20(22)18-11-7-4-8-12-18;19-17(15-7-3-1-4-8-15)22-13-11-21-12-14-23-18(20)16-9-5-2-6-10-16;1-13(21-17(19)15-10-6-3-7-11-15)12-20-16(18)14-8-4-2-5-9-14/h1-10H,11-20H2;5-14,16,19H,15H2,1-4H3;3-12,15-16H,13-14H2,1-2H3;1-10H,11-14H2;2-11,13H,12H2,1H3. The lowest BCUT2D eigenvalue weighted by Crippen LogP contribution is -2.41. The number of rotatable bonds is 45. The molecule has 127 heavy (non-hydrogen) atoms. The summed E-state index contributed by atoms with van der Waals surface area (Å²) in [5.41, 5.74) is 4.48. The fourth-order valence-electron chi connectivity index (χ4n) is 11.0. The Kier molecular flexibility index (Phi) is 49.3. The molecule has 0 N–H and O–H groups in total. The normalized spacial score (nSPS) is 11.5. The number of carbonyl (C=O) groups excluding carboxylic acids is 10. The van der Waals surface area contributed by atoms with Crippen LogP contribution in [0.1, 0.15) is 152 Å². The van der Waals surface area contributed by atoms with Gasteiger partial charge in [-0.2, -0.15) is 0 Å². The van der Waals surface area contributed by atoms with Gasteiger partial charge in [-0.25, -0.2) is 47.9 Å². The van der Waals surface area contributed by atoms with Crippen molar-refractivity contribution < 1.29 is 124 Å². The third-order valence-electron chi connectivity index (χ3n) is 17.4. The summed E-state index contributed by atoms with van der Waals surface area (Å²) in [6.07, 6.45) is -1.60. The molecule has 672 valence electrons. The van der Waals surface area contributed by atoms with Gasteiger partial charge in [-0.15, -0.1) is 0 Å². The zero-order chi connectivity index (χ0) is 91.3. The second-order valence-corrected chi connectivity index (χ2v) is 28.7. The van der Waals surface area contributed by atoms with Gasteiger partial charge in [0.15, 0.2) is 0 Å². The van der Waals surface area contributed by atoms with Gasteiger partial charge in [-0.05, 0) is 148 Å². The average Bonchev–Trinajstić information content (AvgIpc) is 0.826. The molecule has 0 spiro atoms. The monoisotopic (exact) mass is 1740 g/mol. The molecule has 0 saturated carbocycles. The van der Waals surface area contributed by atoms with Crippen molar-refractivity contribution in [2.45, 2.75) is 72.9 Å². The minimum atomic E-state index is -0.525. The smallest absolute Gasteiger partial charge is 0.338 e. The lowest BCUT2D eigenvalue weighted by Gasteiger charge is -2.35. The summed E-state index contributed by atoms with van der Waals surface area (Å²) in [6, 6.07) is 87.8. The third kappa shape index (κ3) is 43.2. The topological polar surface area (TPSA) is 318 Å². The summed E-state index contributed by atoms with van der Waals surface area (Å²) in [7, 11) is 0. The summed E-state index contributed by atoms with van der Waals surface area (Å²) in [6.45, 7) is 18.0. The van der Waals surface area contributed by atoms with E-state index in [-0.39, 0.29) is 126 Å². The molecule has 0 aromatic heterocycles. The largest absolute Gasteiger partial charge is 0.461 e. The van der Waals surface area contributed by atoms with Crippen LogP contribution in [0.4, 0.5) is 0 Å². The highest BCUT2D eigenvalue weighted by Crippen LogP contribution is 2.31. The fourth-order valence-corrected chi connectivity index (χ4v) is 11.0. The Morgan fingerprint density at radius 2 is 0.394 bits per heavy atom. The first kappa shape index (κ1) is 102. The van der Waals surface area contributed by atoms with E-state index in [1.807, 2.05) is 88.4 Å². The Morgan fingerprint density at radius 3 is 0.622 bits per heavy atom. The van der Waals surface area contributed by atoms with E-state index < -0.39 is 35.7 Å². The molecule has 0 fully saturated rings. The van der Waals surface area contributed by atoms with Gasteiger partial charge in [0.05, 0.1) is 134 Å². The predicted octanol–water partition coefficient (Wildman–Crippen LogP) is 16.8. The number of benzene rings is 10. The molecule has 0 aliphatic carbocycles. The van der Waals surface area contributed by atoms with E-state index in [9.17, 15) is 47.9 Å². The van der Waals surface area contributed by atoms with Crippen molar-refractivity contribution in [2.75, 3.05) is 119 Å². The first-order chi connectivity index (χ1) is 61.6. The minimum Gasteiger partial charge on any atom is -0.461 e. The summed E-state index contributed by atoms with van der Waals surface area (Å²) >= 11 is 0. The maximum absolute atomic E-state index is 12.4. The Hall–Kier alpha value is -13.3. The molecule has 10 aromatic carbocycles. The molecule has 10 aromatic rings. The van der Waals surface area contributed by atoms with Crippen molar-refractivity contribution in [3.8, 4) is 0 Å². The molecule has 4 unspecified atom stereocenters. The molecule has 0 radical (unpaired) electrons. The van der Waals surface area contributed by atoms with Crippen molar-refractivity contribution in [2.24, 2.45) is 11.3 Å². The number of hydrogen-bond acceptors (Lipinski definition) is 26. The molecule has 0 aliphatic heterocycles. The minimum absolute atomic E-state index is 0.0201. The Morgan fingerprint density at radius 1 is 0.213 bits per heavy atom. The van der Waals surface area contributed by atoms with Crippen LogP contribution in [0, 0.1) is 11.3 Å². The van der Waals surface area contributed by atoms with E-state index in [1.165, 1.54) is 0 Å². The van der Waals surface area contributed by atoms with Gasteiger partial charge in [0, 0.05) is 5.41 Å². The van der Waals surface area contributed by atoms with E-state index in [2.05, 4.69) is 0 Å². The van der Waals surface area contributed by atoms with Crippen molar-refractivity contribution >= 4 is 59.7 Å². The van der Waals surface area contributed by atoms with Crippen LogP contribution >= 0.6 is 0 Å². The highest BCUT2D eigenvalue weighted by molar-refractivity contribution is 5.94. The highest BCUT2D eigenvalue weighted by atomic mass is 16.6. The highest BCUT2D eigenvalue weighted by Gasteiger charge is 2.37. The van der Waals surface area contributed by atoms with Gasteiger partial charge < -0.3 is 75.8 Å². The molecule has 0 bridgehead atoms. The van der Waals surface area contributed by atoms with E-state index in [0.29, 0.717) is 108 Å². The average molecular weight is 1740 g/mol. The lowest BCUT2D eigenvalue weighted by molar-refractivity contribution is -0.0525. The first-order valence-corrected chi connectivity index (χ1v) is 41.4. The van der Waals surface area contributed by atoms with Crippen molar-refractivity contribution in [3.05, 3.63) is 359 Å². The lowest BCUT2D eigenvalue weighted by atomic mass is 9.81. The molecule has 26 heteroatoms. The second-order valence-electron chi connectivity index (χ2n) is 28.7. The molecule has 10 rings (SSSR count). The first-order valence-electron chi connectivity index (χ1n) is 41.4. The van der Waals surface area contributed by atoms with E-state index in [1.54, 1.807) is 263 Å². The second kappa shape index (κ2) is 61.1. The number of ether oxygens (including phenoxy) is 16. The third-order valence-corrected chi connectivity index (χ3v) is 17.4. The quantitative estimate of drug-likeness (QED) is 0.0194. The molecule has 0 saturated heterocycles. The van der Waals surface area contributed by atoms with Crippen LogP contribution in [-0.4, -0.2) is 203 Å². The van der Waals surface area contributed by atoms with Crippen LogP contribution in [0.5, 0.6) is 0 Å². The van der Waals surface area contributed by atoms with Crippen LogP contribution in [0.15, 0.2) is 303 Å². The van der Waals surface area contributed by atoms with Gasteiger partial charge in [0.25, 0.3) is 0 Å². The molecular formula is C101H112O26. The maximum atomic E-state index is 12.4. The zero-order valence-electron chi connectivity index (χ0n) is 72.6. The Bertz CT molecular complexity index is 4630. The van der Waals surface area contributed by atoms with Gasteiger partial charge in [-0.1, -0.05) is 210 Å². The van der Waals surface area contributed by atoms with Crippen LogP contribution in [0.3, 0.4) is 0 Å². The van der Waals surface area contributed by atoms with E-state index in [0.717, 1.165) is 0 Å². The van der Waals surface area contributed by atoms with E-state index in [4.69, 9.17) is 75.8 Å². The maximum Gasteiger partial charge on any atom is 0.338 e. The molecule has 4 atom stereocenters. The van der Waals surface area contributed by atoms with Crippen LogP contribution < -0.4 is 0 Å². The molecule has 26 nitrogen and oxygen atoms in total. The van der Waals surface area contributed by atoms with Crippen LogP contribution in [0.25, 0.3) is 0 Å². The van der Waals surface area contributed by atoms with Crippen LogP contribution in [-0.2, 0) is 75.8 Å². The Balaban J connectivity index is 0.000000247. The van der Waals surface area contributed by atoms with Crippen molar-refractivity contribution in [3.63, 3.8) is 0 Å². The number of hydrogen-bond donors (Lipinski definition) is 0. The number of esters is 10. The molecule has 0 aliphatic rings. The fraction of sp³-hybridized carbons (Fsp3) is 0.307. The van der Waals surface area contributed by atoms with Gasteiger partial charge >= 0.3 is 59.7 Å². The van der Waals surface area contributed by atoms with Gasteiger partial charge in [0.2, 0.25) is 0 Å². The number of carbonyl (C=O) groups is 10. The van der Waals surface area contributed by atoms with E-state index >= 15 is 0 Å². The van der Waals surface area contributed by atoms with Crippen molar-refractivity contribution in [1.29, 1.82) is 0 Å². The summed E-state index contributed by atoms with van der Waals surface area (Å²) < 4.78 is 84.7. The predicted molar refractivity (Wildman–Crippen MR) is 473 cm³/mol. The summed E-state index contributed by atoms with van der Waals surface area (Å²) in [5.74, 6) is -3.80. The van der Waals surface area contributed by atoms with Crippen LogP contribution in [0.2, 0.25) is 0 Å². The molecule has 0 amide bonds. The van der Waals surface area contributed by atoms with Gasteiger partial charge in [0.1, 0.15) is 64.6 Å². The zero-order valence-corrected chi connectivity index (χ0v) is 72.6. The molecular weight excluding hydrogens is 1630 g/mol. The SMILES string of the molecule is CC(C)C(OC(=O)c1ccccc1)C(C)(C)COC(=O)c1ccccc1.CC(COC(=O)c1ccccc1)OC(=O)c1ccccc1.CC(COC(=O)c1ccccc1)OCC(C)OC(=O)c1ccccc1.O=C(OCCOCCOC(=O)c1ccccc1)c1ccccc1.O=C(OCCOCCOCCOCCOCCOC(=O)c1ccccc1)c1ccccc1. The van der Waals surface area contributed by atoms with Crippen molar-refractivity contribution in [1.82, 2.24) is 0 Å². The summed E-state index contributed by atoms with van der Waals surface area (Å²) in [4.78, 5) is 119.